The number of rotatable bonds is 1. The highest BCUT2D eigenvalue weighted by atomic mass is 33.1. The summed E-state index contributed by atoms with van der Waals surface area (Å²) in [6.45, 7) is 4.58. The van der Waals surface area contributed by atoms with E-state index in [1.165, 1.54) is 10.5 Å². The lowest BCUT2D eigenvalue weighted by atomic mass is 10.0. The monoisotopic (exact) mass is 196 g/mol. The topological polar surface area (TPSA) is 0 Å². The van der Waals surface area contributed by atoms with Crippen LogP contribution < -0.4 is 0 Å². The zero-order valence-electron chi connectivity index (χ0n) is 7.28. The van der Waals surface area contributed by atoms with Crippen molar-refractivity contribution in [2.45, 2.75) is 24.0 Å². The van der Waals surface area contributed by atoms with Crippen molar-refractivity contribution in [2.24, 2.45) is 5.92 Å². The molecule has 0 fully saturated rings. The Morgan fingerprint density at radius 2 is 2.00 bits per heavy atom. The van der Waals surface area contributed by atoms with E-state index in [1.54, 1.807) is 0 Å². The van der Waals surface area contributed by atoms with Gasteiger partial charge >= 0.3 is 0 Å². The summed E-state index contributed by atoms with van der Waals surface area (Å²) in [6, 6.07) is 8.73. The average Bonchev–Trinajstić information content (AvgIpc) is 2.47. The van der Waals surface area contributed by atoms with E-state index in [1.807, 2.05) is 21.6 Å². The molecule has 12 heavy (non-hydrogen) atoms. The van der Waals surface area contributed by atoms with Gasteiger partial charge in [-0.1, -0.05) is 53.6 Å². The van der Waals surface area contributed by atoms with Gasteiger partial charge in [0.05, 0.1) is 0 Å². The van der Waals surface area contributed by atoms with Crippen LogP contribution in [0.2, 0.25) is 0 Å². The van der Waals surface area contributed by atoms with Crippen LogP contribution in [0.15, 0.2) is 29.2 Å². The molecule has 0 saturated heterocycles. The van der Waals surface area contributed by atoms with Gasteiger partial charge in [0.25, 0.3) is 0 Å². The minimum atomic E-state index is 0.700. The van der Waals surface area contributed by atoms with E-state index >= 15 is 0 Å². The van der Waals surface area contributed by atoms with Gasteiger partial charge in [-0.05, 0) is 17.5 Å². The number of fused-ring (bicyclic) bond motifs is 1. The molecule has 2 rings (SSSR count). The summed E-state index contributed by atoms with van der Waals surface area (Å²) in [5.41, 5.74) is 1.53. The van der Waals surface area contributed by atoms with Gasteiger partial charge in [-0.25, -0.2) is 0 Å². The molecule has 1 unspecified atom stereocenters. The lowest BCUT2D eigenvalue weighted by molar-refractivity contribution is 0.630. The van der Waals surface area contributed by atoms with Gasteiger partial charge in [-0.2, -0.15) is 0 Å². The summed E-state index contributed by atoms with van der Waals surface area (Å²) < 4.78 is 0. The molecule has 1 heterocycles. The molecule has 0 radical (unpaired) electrons. The summed E-state index contributed by atoms with van der Waals surface area (Å²) in [5, 5.41) is 0.700. The Hall–Kier alpha value is -0.0800. The second-order valence-electron chi connectivity index (χ2n) is 3.38. The van der Waals surface area contributed by atoms with E-state index in [0.29, 0.717) is 5.25 Å². The lowest BCUT2D eigenvalue weighted by Crippen LogP contribution is -1.98. The Morgan fingerprint density at radius 1 is 1.25 bits per heavy atom. The van der Waals surface area contributed by atoms with E-state index in [-0.39, 0.29) is 0 Å². The van der Waals surface area contributed by atoms with E-state index in [2.05, 4.69) is 38.1 Å². The van der Waals surface area contributed by atoms with Gasteiger partial charge in [0.1, 0.15) is 0 Å². The van der Waals surface area contributed by atoms with E-state index < -0.39 is 0 Å². The fourth-order valence-electron chi connectivity index (χ4n) is 1.42. The van der Waals surface area contributed by atoms with E-state index in [9.17, 15) is 0 Å². The Kier molecular flexibility index (Phi) is 2.37. The molecular weight excluding hydrogens is 184 g/mol. The normalized spacial score (nSPS) is 21.4. The van der Waals surface area contributed by atoms with Gasteiger partial charge in [-0.3, -0.25) is 0 Å². The third-order valence-corrected chi connectivity index (χ3v) is 5.18. The van der Waals surface area contributed by atoms with Crippen LogP contribution in [0.1, 0.15) is 24.7 Å². The summed E-state index contributed by atoms with van der Waals surface area (Å²) in [4.78, 5) is 1.46. The average molecular weight is 196 g/mol. The van der Waals surface area contributed by atoms with Crippen molar-refractivity contribution in [1.29, 1.82) is 0 Å². The summed E-state index contributed by atoms with van der Waals surface area (Å²) in [6.07, 6.45) is 0. The highest BCUT2D eigenvalue weighted by Crippen LogP contribution is 2.55. The van der Waals surface area contributed by atoms with Crippen LogP contribution >= 0.6 is 21.6 Å². The molecule has 0 spiro atoms. The van der Waals surface area contributed by atoms with Crippen LogP contribution in [0.4, 0.5) is 0 Å². The predicted molar refractivity (Wildman–Crippen MR) is 57.5 cm³/mol. The second kappa shape index (κ2) is 3.35. The number of hydrogen-bond donors (Lipinski definition) is 0. The minimum absolute atomic E-state index is 0.700. The van der Waals surface area contributed by atoms with Gasteiger partial charge < -0.3 is 0 Å². The molecule has 0 nitrogen and oxygen atoms in total. The molecular formula is C10H12S2. The largest absolute Gasteiger partial charge is 0.0804 e. The molecule has 0 aromatic heterocycles. The summed E-state index contributed by atoms with van der Waals surface area (Å²) in [5.74, 6) is 0.742. The molecule has 1 aromatic carbocycles. The number of benzene rings is 1. The van der Waals surface area contributed by atoms with Crippen molar-refractivity contribution in [1.82, 2.24) is 0 Å². The first-order chi connectivity index (χ1) is 5.79. The summed E-state index contributed by atoms with van der Waals surface area (Å²) >= 11 is 0. The molecule has 1 atom stereocenters. The molecule has 0 saturated carbocycles. The molecule has 0 N–H and O–H groups in total. The van der Waals surface area contributed by atoms with Gasteiger partial charge in [0.15, 0.2) is 0 Å². The van der Waals surface area contributed by atoms with Gasteiger partial charge in [0.2, 0.25) is 0 Å². The maximum atomic E-state index is 2.29. The van der Waals surface area contributed by atoms with Crippen LogP contribution in [0.25, 0.3) is 0 Å². The van der Waals surface area contributed by atoms with E-state index in [0.717, 1.165) is 5.92 Å². The molecule has 0 bridgehead atoms. The van der Waals surface area contributed by atoms with Crippen molar-refractivity contribution >= 4 is 21.6 Å². The van der Waals surface area contributed by atoms with Crippen molar-refractivity contribution < 1.29 is 0 Å². The van der Waals surface area contributed by atoms with Crippen LogP contribution in [0.5, 0.6) is 0 Å². The second-order valence-corrected chi connectivity index (χ2v) is 5.77. The third kappa shape index (κ3) is 1.38. The van der Waals surface area contributed by atoms with Crippen LogP contribution in [-0.2, 0) is 0 Å². The number of hydrogen-bond acceptors (Lipinski definition) is 2. The molecule has 1 aliphatic rings. The zero-order chi connectivity index (χ0) is 8.55. The zero-order valence-corrected chi connectivity index (χ0v) is 8.91. The standard InChI is InChI=1S/C10H12S2/c1-7(2)10-8-5-3-4-6-9(8)11-12-10/h3-7,10H,1-2H3. The molecule has 64 valence electrons. The Balaban J connectivity index is 2.36. The smallest absolute Gasteiger partial charge is 0.0438 e. The Labute approximate surface area is 81.5 Å². The molecule has 1 aromatic rings. The fourth-order valence-corrected chi connectivity index (χ4v) is 4.71. The maximum absolute atomic E-state index is 2.29. The van der Waals surface area contributed by atoms with Crippen LogP contribution in [-0.4, -0.2) is 0 Å². The fraction of sp³-hybridized carbons (Fsp3) is 0.400. The third-order valence-electron chi connectivity index (χ3n) is 2.07. The first-order valence-corrected chi connectivity index (χ1v) is 6.42. The van der Waals surface area contributed by atoms with Gasteiger partial charge in [0, 0.05) is 10.1 Å². The Morgan fingerprint density at radius 3 is 2.75 bits per heavy atom. The quantitative estimate of drug-likeness (QED) is 0.619. The minimum Gasteiger partial charge on any atom is -0.0804 e. The van der Waals surface area contributed by atoms with E-state index in [4.69, 9.17) is 0 Å². The maximum Gasteiger partial charge on any atom is 0.0438 e. The molecule has 0 amide bonds. The van der Waals surface area contributed by atoms with Crippen molar-refractivity contribution in [3.8, 4) is 0 Å². The lowest BCUT2D eigenvalue weighted by Gasteiger charge is -2.12. The molecule has 1 aliphatic heterocycles. The van der Waals surface area contributed by atoms with Crippen molar-refractivity contribution in [3.63, 3.8) is 0 Å². The van der Waals surface area contributed by atoms with Crippen molar-refractivity contribution in [2.75, 3.05) is 0 Å². The first-order valence-electron chi connectivity index (χ1n) is 4.21. The molecule has 0 aliphatic carbocycles. The summed E-state index contributed by atoms with van der Waals surface area (Å²) in [7, 11) is 3.92. The Bertz CT molecular complexity index is 281. The molecule has 2 heteroatoms. The van der Waals surface area contributed by atoms with Gasteiger partial charge in [-0.15, -0.1) is 0 Å². The highest BCUT2D eigenvalue weighted by Gasteiger charge is 2.25. The van der Waals surface area contributed by atoms with Crippen LogP contribution in [0.3, 0.4) is 0 Å². The van der Waals surface area contributed by atoms with Crippen LogP contribution in [0, 0.1) is 5.92 Å². The predicted octanol–water partition coefficient (Wildman–Crippen LogP) is 4.14. The highest BCUT2D eigenvalue weighted by molar-refractivity contribution is 8.77. The SMILES string of the molecule is CC(C)C1SSc2ccccc21. The van der Waals surface area contributed by atoms with Crippen molar-refractivity contribution in [3.05, 3.63) is 29.8 Å². The first kappa shape index (κ1) is 8.52.